The van der Waals surface area contributed by atoms with Gasteiger partial charge in [0.2, 0.25) is 5.82 Å². The van der Waals surface area contributed by atoms with Crippen LogP contribution in [0, 0.1) is 0 Å². The first kappa shape index (κ1) is 13.4. The predicted octanol–water partition coefficient (Wildman–Crippen LogP) is 3.12. The minimum atomic E-state index is 0.430. The molecule has 102 valence electrons. The summed E-state index contributed by atoms with van der Waals surface area (Å²) in [6, 6.07) is 7.75. The van der Waals surface area contributed by atoms with Crippen molar-refractivity contribution >= 4 is 27.3 Å². The van der Waals surface area contributed by atoms with Crippen LogP contribution in [0.1, 0.15) is 5.01 Å². The van der Waals surface area contributed by atoms with Crippen LogP contribution in [0.3, 0.4) is 0 Å². The van der Waals surface area contributed by atoms with Crippen molar-refractivity contribution in [3.8, 4) is 23.0 Å². The molecule has 0 aliphatic carbocycles. The SMILES string of the molecule is NCCc1nc(-c2nc(-c3cccc(Br)c3)no2)cs1. The molecule has 0 radical (unpaired) electrons. The fourth-order valence-corrected chi connectivity index (χ4v) is 2.91. The molecule has 0 aliphatic heterocycles. The molecule has 3 aromatic rings. The van der Waals surface area contributed by atoms with E-state index in [1.165, 1.54) is 0 Å². The highest BCUT2D eigenvalue weighted by atomic mass is 79.9. The van der Waals surface area contributed by atoms with Crippen molar-refractivity contribution in [1.82, 2.24) is 15.1 Å². The zero-order valence-electron chi connectivity index (χ0n) is 10.4. The number of hydrogen-bond acceptors (Lipinski definition) is 6. The van der Waals surface area contributed by atoms with Gasteiger partial charge in [-0.3, -0.25) is 0 Å². The average Bonchev–Trinajstić information content (AvgIpc) is 3.07. The molecule has 7 heteroatoms. The number of nitrogens with two attached hydrogens (primary N) is 1. The molecular formula is C13H11BrN4OS. The lowest BCUT2D eigenvalue weighted by Gasteiger charge is -1.93. The molecule has 20 heavy (non-hydrogen) atoms. The first-order valence-electron chi connectivity index (χ1n) is 6.01. The highest BCUT2D eigenvalue weighted by molar-refractivity contribution is 9.10. The molecule has 0 saturated carbocycles. The van der Waals surface area contributed by atoms with Gasteiger partial charge in [-0.25, -0.2) is 4.98 Å². The third kappa shape index (κ3) is 2.79. The van der Waals surface area contributed by atoms with Gasteiger partial charge >= 0.3 is 0 Å². The van der Waals surface area contributed by atoms with Crippen LogP contribution in [0.2, 0.25) is 0 Å². The van der Waals surface area contributed by atoms with E-state index in [9.17, 15) is 0 Å². The predicted molar refractivity (Wildman–Crippen MR) is 81.3 cm³/mol. The van der Waals surface area contributed by atoms with E-state index >= 15 is 0 Å². The second-order valence-corrected chi connectivity index (χ2v) is 5.96. The topological polar surface area (TPSA) is 77.8 Å². The molecule has 1 aromatic carbocycles. The molecule has 0 amide bonds. The first-order valence-corrected chi connectivity index (χ1v) is 7.68. The van der Waals surface area contributed by atoms with Crippen LogP contribution < -0.4 is 5.73 Å². The maximum absolute atomic E-state index is 5.51. The lowest BCUT2D eigenvalue weighted by Crippen LogP contribution is -2.01. The lowest BCUT2D eigenvalue weighted by molar-refractivity contribution is 0.431. The highest BCUT2D eigenvalue weighted by Crippen LogP contribution is 2.25. The smallest absolute Gasteiger partial charge is 0.277 e. The van der Waals surface area contributed by atoms with E-state index in [4.69, 9.17) is 10.3 Å². The van der Waals surface area contributed by atoms with Gasteiger partial charge in [0.1, 0.15) is 5.69 Å². The number of halogens is 1. The fraction of sp³-hybridized carbons (Fsp3) is 0.154. The van der Waals surface area contributed by atoms with E-state index in [0.29, 0.717) is 24.0 Å². The molecule has 0 spiro atoms. The molecule has 0 fully saturated rings. The maximum Gasteiger partial charge on any atom is 0.277 e. The third-order valence-electron chi connectivity index (χ3n) is 2.64. The molecule has 0 atom stereocenters. The molecule has 2 aromatic heterocycles. The van der Waals surface area contributed by atoms with Gasteiger partial charge in [0.25, 0.3) is 5.89 Å². The molecule has 0 bridgehead atoms. The molecule has 2 heterocycles. The Bertz CT molecular complexity index is 724. The standard InChI is InChI=1S/C13H11BrN4OS/c14-9-3-1-2-8(6-9)12-17-13(19-18-12)10-7-20-11(16-10)4-5-15/h1-3,6-7H,4-5,15H2. The fourth-order valence-electron chi connectivity index (χ4n) is 1.72. The second-order valence-electron chi connectivity index (χ2n) is 4.10. The van der Waals surface area contributed by atoms with Crippen molar-refractivity contribution in [2.24, 2.45) is 5.73 Å². The first-order chi connectivity index (χ1) is 9.76. The van der Waals surface area contributed by atoms with Crippen molar-refractivity contribution in [3.05, 3.63) is 39.1 Å². The Kier molecular flexibility index (Phi) is 3.90. The number of thiazole rings is 1. The van der Waals surface area contributed by atoms with Crippen molar-refractivity contribution in [2.45, 2.75) is 6.42 Å². The Morgan fingerprint density at radius 3 is 3.00 bits per heavy atom. The molecule has 0 saturated heterocycles. The summed E-state index contributed by atoms with van der Waals surface area (Å²) in [6.07, 6.45) is 0.761. The van der Waals surface area contributed by atoms with Gasteiger partial charge in [-0.05, 0) is 18.7 Å². The Labute approximate surface area is 128 Å². The highest BCUT2D eigenvalue weighted by Gasteiger charge is 2.13. The van der Waals surface area contributed by atoms with Crippen molar-refractivity contribution in [1.29, 1.82) is 0 Å². The van der Waals surface area contributed by atoms with Crippen molar-refractivity contribution < 1.29 is 4.52 Å². The summed E-state index contributed by atoms with van der Waals surface area (Å²) in [4.78, 5) is 8.81. The normalized spacial score (nSPS) is 10.9. The summed E-state index contributed by atoms with van der Waals surface area (Å²) in [6.45, 7) is 0.583. The van der Waals surface area contributed by atoms with Gasteiger partial charge < -0.3 is 10.3 Å². The number of aromatic nitrogens is 3. The Morgan fingerprint density at radius 2 is 2.20 bits per heavy atom. The summed E-state index contributed by atoms with van der Waals surface area (Å²) >= 11 is 4.97. The van der Waals surface area contributed by atoms with E-state index in [1.54, 1.807) is 11.3 Å². The summed E-state index contributed by atoms with van der Waals surface area (Å²) in [5.41, 5.74) is 7.11. The Morgan fingerprint density at radius 1 is 1.30 bits per heavy atom. The van der Waals surface area contributed by atoms with Crippen LogP contribution in [-0.4, -0.2) is 21.7 Å². The summed E-state index contributed by atoms with van der Waals surface area (Å²) in [5, 5.41) is 6.87. The number of benzene rings is 1. The van der Waals surface area contributed by atoms with Crippen molar-refractivity contribution in [2.75, 3.05) is 6.54 Å². The van der Waals surface area contributed by atoms with E-state index < -0.39 is 0 Å². The molecule has 0 aliphatic rings. The minimum Gasteiger partial charge on any atom is -0.332 e. The third-order valence-corrected chi connectivity index (χ3v) is 4.04. The van der Waals surface area contributed by atoms with Crippen LogP contribution in [0.25, 0.3) is 23.0 Å². The van der Waals surface area contributed by atoms with Crippen LogP contribution >= 0.6 is 27.3 Å². The Hall–Kier alpha value is -1.57. The largest absolute Gasteiger partial charge is 0.332 e. The van der Waals surface area contributed by atoms with E-state index in [-0.39, 0.29) is 0 Å². The summed E-state index contributed by atoms with van der Waals surface area (Å²) in [5.74, 6) is 0.981. The summed E-state index contributed by atoms with van der Waals surface area (Å²) < 4.78 is 6.25. The monoisotopic (exact) mass is 350 g/mol. The van der Waals surface area contributed by atoms with E-state index in [2.05, 4.69) is 31.1 Å². The van der Waals surface area contributed by atoms with Gasteiger partial charge in [0.15, 0.2) is 0 Å². The van der Waals surface area contributed by atoms with E-state index in [0.717, 1.165) is 21.5 Å². The van der Waals surface area contributed by atoms with E-state index in [1.807, 2.05) is 29.6 Å². The molecular weight excluding hydrogens is 340 g/mol. The average molecular weight is 351 g/mol. The lowest BCUT2D eigenvalue weighted by atomic mass is 10.2. The zero-order valence-corrected chi connectivity index (χ0v) is 12.8. The van der Waals surface area contributed by atoms with Crippen LogP contribution in [0.4, 0.5) is 0 Å². The van der Waals surface area contributed by atoms with Gasteiger partial charge in [-0.2, -0.15) is 4.98 Å². The number of nitrogens with zero attached hydrogens (tertiary/aromatic N) is 3. The molecule has 3 rings (SSSR count). The zero-order chi connectivity index (χ0) is 13.9. The number of rotatable bonds is 4. The summed E-state index contributed by atoms with van der Waals surface area (Å²) in [7, 11) is 0. The van der Waals surface area contributed by atoms with Crippen LogP contribution in [0.5, 0.6) is 0 Å². The quantitative estimate of drug-likeness (QED) is 0.781. The van der Waals surface area contributed by atoms with Gasteiger partial charge in [0.05, 0.1) is 5.01 Å². The Balaban J connectivity index is 1.89. The second kappa shape index (κ2) is 5.82. The van der Waals surface area contributed by atoms with Gasteiger partial charge in [0, 0.05) is 21.8 Å². The van der Waals surface area contributed by atoms with Crippen LogP contribution in [0.15, 0.2) is 38.6 Å². The van der Waals surface area contributed by atoms with Gasteiger partial charge in [-0.1, -0.05) is 33.2 Å². The molecule has 2 N–H and O–H groups in total. The maximum atomic E-state index is 5.51. The van der Waals surface area contributed by atoms with Crippen molar-refractivity contribution in [3.63, 3.8) is 0 Å². The molecule has 5 nitrogen and oxygen atoms in total. The van der Waals surface area contributed by atoms with Gasteiger partial charge in [-0.15, -0.1) is 11.3 Å². The minimum absolute atomic E-state index is 0.430. The molecule has 0 unspecified atom stereocenters. The van der Waals surface area contributed by atoms with Crippen LogP contribution in [-0.2, 0) is 6.42 Å². The number of hydrogen-bond donors (Lipinski definition) is 1.